The molecule has 0 aliphatic rings. The number of nitrogens with one attached hydrogen (secondary N) is 2. The summed E-state index contributed by atoms with van der Waals surface area (Å²) >= 11 is 0. The number of rotatable bonds is 6. The molecule has 7 heteroatoms. The molecule has 0 bridgehead atoms. The van der Waals surface area contributed by atoms with E-state index in [0.29, 0.717) is 16.9 Å². The van der Waals surface area contributed by atoms with Gasteiger partial charge in [-0.3, -0.25) is 4.79 Å². The van der Waals surface area contributed by atoms with E-state index in [-0.39, 0.29) is 11.3 Å². The van der Waals surface area contributed by atoms with Crippen molar-refractivity contribution in [2.75, 3.05) is 12.4 Å². The number of ether oxygens (including phenoxy) is 2. The first-order chi connectivity index (χ1) is 14.8. The lowest BCUT2D eigenvalue weighted by Gasteiger charge is -2.16. The van der Waals surface area contributed by atoms with Crippen LogP contribution < -0.4 is 5.32 Å². The van der Waals surface area contributed by atoms with Crippen LogP contribution in [0.5, 0.6) is 0 Å². The average molecular weight is 420 g/mol. The fraction of sp³-hybridized carbons (Fsp3) is 0.208. The van der Waals surface area contributed by atoms with Gasteiger partial charge in [0.15, 0.2) is 6.10 Å². The Morgan fingerprint density at radius 1 is 0.935 bits per heavy atom. The Bertz CT molecular complexity index is 1120. The highest BCUT2D eigenvalue weighted by Crippen LogP contribution is 2.28. The van der Waals surface area contributed by atoms with Gasteiger partial charge in [0.05, 0.1) is 12.7 Å². The van der Waals surface area contributed by atoms with Gasteiger partial charge in [0.1, 0.15) is 5.69 Å². The molecule has 2 N–H and O–H groups in total. The van der Waals surface area contributed by atoms with Crippen molar-refractivity contribution in [2.45, 2.75) is 26.9 Å². The fourth-order valence-electron chi connectivity index (χ4n) is 3.33. The summed E-state index contributed by atoms with van der Waals surface area (Å²) in [4.78, 5) is 40.1. The normalized spacial score (nSPS) is 11.5. The van der Waals surface area contributed by atoms with Gasteiger partial charge in [-0.25, -0.2) is 9.59 Å². The van der Waals surface area contributed by atoms with Crippen LogP contribution >= 0.6 is 0 Å². The number of anilines is 1. The SMILES string of the molecule is COC(=O)c1c(C)[nH]c(C(=O)OC(C)C(=O)Nc2ccccc2-c2ccccc2)c1C. The Balaban J connectivity index is 1.74. The maximum absolute atomic E-state index is 12.7. The molecule has 0 saturated heterocycles. The molecule has 3 rings (SSSR count). The number of aromatic amines is 1. The van der Waals surface area contributed by atoms with E-state index in [2.05, 4.69) is 10.3 Å². The third-order valence-electron chi connectivity index (χ3n) is 4.95. The Labute approximate surface area is 180 Å². The second-order valence-electron chi connectivity index (χ2n) is 7.06. The van der Waals surface area contributed by atoms with E-state index >= 15 is 0 Å². The second-order valence-corrected chi connectivity index (χ2v) is 7.06. The van der Waals surface area contributed by atoms with E-state index in [1.807, 2.05) is 48.5 Å². The van der Waals surface area contributed by atoms with Crippen LogP contribution in [0.1, 0.15) is 39.0 Å². The van der Waals surface area contributed by atoms with Gasteiger partial charge in [-0.05, 0) is 38.0 Å². The number of H-pyrrole nitrogens is 1. The van der Waals surface area contributed by atoms with Crippen molar-refractivity contribution in [2.24, 2.45) is 0 Å². The smallest absolute Gasteiger partial charge is 0.355 e. The summed E-state index contributed by atoms with van der Waals surface area (Å²) in [7, 11) is 1.27. The quantitative estimate of drug-likeness (QED) is 0.581. The number of para-hydroxylation sites is 1. The topological polar surface area (TPSA) is 97.5 Å². The van der Waals surface area contributed by atoms with Crippen molar-refractivity contribution < 1.29 is 23.9 Å². The highest BCUT2D eigenvalue weighted by atomic mass is 16.5. The molecular weight excluding hydrogens is 396 g/mol. The van der Waals surface area contributed by atoms with E-state index in [1.165, 1.54) is 14.0 Å². The Morgan fingerprint density at radius 2 is 1.58 bits per heavy atom. The lowest BCUT2D eigenvalue weighted by molar-refractivity contribution is -0.123. The van der Waals surface area contributed by atoms with Crippen molar-refractivity contribution >= 4 is 23.5 Å². The largest absolute Gasteiger partial charge is 0.465 e. The molecular formula is C24H24N2O5. The van der Waals surface area contributed by atoms with Crippen LogP contribution in [-0.4, -0.2) is 36.0 Å². The molecule has 1 unspecified atom stereocenters. The van der Waals surface area contributed by atoms with E-state index in [1.54, 1.807) is 19.9 Å². The standard InChI is InChI=1S/C24H24N2O5/c1-14-20(23(28)30-4)15(2)25-21(14)24(29)31-16(3)22(27)26-19-13-9-8-12-18(19)17-10-6-5-7-11-17/h5-13,16,25H,1-4H3,(H,26,27). The first kappa shape index (κ1) is 21.8. The highest BCUT2D eigenvalue weighted by molar-refractivity contribution is 6.01. The van der Waals surface area contributed by atoms with Crippen LogP contribution in [0.15, 0.2) is 54.6 Å². The molecule has 1 aromatic heterocycles. The monoisotopic (exact) mass is 420 g/mol. The van der Waals surface area contributed by atoms with Crippen molar-refractivity contribution in [3.8, 4) is 11.1 Å². The molecule has 0 saturated carbocycles. The van der Waals surface area contributed by atoms with Gasteiger partial charge in [-0.15, -0.1) is 0 Å². The van der Waals surface area contributed by atoms with Crippen molar-refractivity contribution in [1.82, 2.24) is 4.98 Å². The summed E-state index contributed by atoms with van der Waals surface area (Å²) in [5.41, 5.74) is 3.72. The van der Waals surface area contributed by atoms with Crippen LogP contribution in [0.4, 0.5) is 5.69 Å². The summed E-state index contributed by atoms with van der Waals surface area (Å²) in [5, 5.41) is 2.82. The van der Waals surface area contributed by atoms with Crippen LogP contribution in [0.2, 0.25) is 0 Å². The minimum absolute atomic E-state index is 0.113. The number of benzene rings is 2. The van der Waals surface area contributed by atoms with Gasteiger partial charge in [-0.2, -0.15) is 0 Å². The summed E-state index contributed by atoms with van der Waals surface area (Å²) in [5.74, 6) is -1.74. The number of esters is 2. The Kier molecular flexibility index (Phi) is 6.55. The summed E-state index contributed by atoms with van der Waals surface area (Å²) < 4.78 is 10.1. The third kappa shape index (κ3) is 4.66. The zero-order chi connectivity index (χ0) is 22.5. The van der Waals surface area contributed by atoms with Crippen molar-refractivity contribution in [3.05, 3.63) is 77.1 Å². The second kappa shape index (κ2) is 9.30. The van der Waals surface area contributed by atoms with Crippen LogP contribution in [-0.2, 0) is 14.3 Å². The number of hydrogen-bond acceptors (Lipinski definition) is 5. The fourth-order valence-corrected chi connectivity index (χ4v) is 3.33. The Hall–Kier alpha value is -3.87. The molecule has 0 radical (unpaired) electrons. The van der Waals surface area contributed by atoms with Crippen LogP contribution in [0.3, 0.4) is 0 Å². The van der Waals surface area contributed by atoms with Gasteiger partial charge >= 0.3 is 11.9 Å². The first-order valence-electron chi connectivity index (χ1n) is 9.77. The molecule has 1 heterocycles. The number of hydrogen-bond donors (Lipinski definition) is 2. The van der Waals surface area contributed by atoms with Gasteiger partial charge in [0.2, 0.25) is 0 Å². The summed E-state index contributed by atoms with van der Waals surface area (Å²) in [6.07, 6.45) is -1.05. The maximum Gasteiger partial charge on any atom is 0.355 e. The summed E-state index contributed by atoms with van der Waals surface area (Å²) in [6, 6.07) is 17.0. The number of amides is 1. The molecule has 2 aromatic carbocycles. The molecule has 3 aromatic rings. The van der Waals surface area contributed by atoms with Crippen molar-refractivity contribution in [1.29, 1.82) is 0 Å². The molecule has 1 atom stereocenters. The minimum atomic E-state index is -1.05. The lowest BCUT2D eigenvalue weighted by atomic mass is 10.0. The van der Waals surface area contributed by atoms with Crippen LogP contribution in [0.25, 0.3) is 11.1 Å². The van der Waals surface area contributed by atoms with Gasteiger partial charge < -0.3 is 19.8 Å². The van der Waals surface area contributed by atoms with Gasteiger partial charge in [0, 0.05) is 16.9 Å². The van der Waals surface area contributed by atoms with Gasteiger partial charge in [-0.1, -0.05) is 48.5 Å². The lowest BCUT2D eigenvalue weighted by Crippen LogP contribution is -2.30. The van der Waals surface area contributed by atoms with Crippen molar-refractivity contribution in [3.63, 3.8) is 0 Å². The first-order valence-corrected chi connectivity index (χ1v) is 9.77. The predicted molar refractivity (Wildman–Crippen MR) is 117 cm³/mol. The number of methoxy groups -OCH3 is 1. The highest BCUT2D eigenvalue weighted by Gasteiger charge is 2.26. The number of carbonyl (C=O) groups is 3. The van der Waals surface area contributed by atoms with E-state index in [0.717, 1.165) is 11.1 Å². The van der Waals surface area contributed by atoms with Crippen LogP contribution in [0, 0.1) is 13.8 Å². The number of aromatic nitrogens is 1. The zero-order valence-corrected chi connectivity index (χ0v) is 17.8. The molecule has 160 valence electrons. The molecule has 31 heavy (non-hydrogen) atoms. The maximum atomic E-state index is 12.7. The predicted octanol–water partition coefficient (Wildman–Crippen LogP) is 4.27. The van der Waals surface area contributed by atoms with E-state index < -0.39 is 23.9 Å². The molecule has 1 amide bonds. The summed E-state index contributed by atoms with van der Waals surface area (Å²) in [6.45, 7) is 4.77. The molecule has 0 aliphatic heterocycles. The van der Waals surface area contributed by atoms with E-state index in [9.17, 15) is 14.4 Å². The average Bonchev–Trinajstić information content (AvgIpc) is 3.08. The molecule has 0 fully saturated rings. The molecule has 0 aliphatic carbocycles. The minimum Gasteiger partial charge on any atom is -0.465 e. The third-order valence-corrected chi connectivity index (χ3v) is 4.95. The molecule has 0 spiro atoms. The zero-order valence-electron chi connectivity index (χ0n) is 17.8. The molecule has 7 nitrogen and oxygen atoms in total. The van der Waals surface area contributed by atoms with Gasteiger partial charge in [0.25, 0.3) is 5.91 Å². The number of carbonyl (C=O) groups excluding carboxylic acids is 3. The van der Waals surface area contributed by atoms with E-state index in [4.69, 9.17) is 9.47 Å². The number of aryl methyl sites for hydroxylation is 1. The Morgan fingerprint density at radius 3 is 2.26 bits per heavy atom.